The van der Waals surface area contributed by atoms with Crippen LogP contribution >= 0.6 is 0 Å². The third kappa shape index (κ3) is 2.18. The van der Waals surface area contributed by atoms with Gasteiger partial charge in [-0.2, -0.15) is 0 Å². The zero-order valence-electron chi connectivity index (χ0n) is 10.3. The molecule has 0 bridgehead atoms. The van der Waals surface area contributed by atoms with Crippen molar-refractivity contribution in [3.05, 3.63) is 42.7 Å². The molecule has 3 rings (SSSR count). The molecule has 19 heavy (non-hydrogen) atoms. The zero-order chi connectivity index (χ0) is 13.2. The fraction of sp³-hybridized carbons (Fsp3) is 0.0714. The lowest BCUT2D eigenvalue weighted by Crippen LogP contribution is -1.94. The Morgan fingerprint density at radius 1 is 1.00 bits per heavy atom. The van der Waals surface area contributed by atoms with E-state index in [1.807, 2.05) is 13.1 Å². The molecule has 0 aliphatic rings. The largest absolute Gasteiger partial charge is 0.508 e. The first-order valence-corrected chi connectivity index (χ1v) is 5.86. The van der Waals surface area contributed by atoms with Crippen LogP contribution in [0, 0.1) is 0 Å². The van der Waals surface area contributed by atoms with E-state index in [1.54, 1.807) is 36.7 Å². The van der Waals surface area contributed by atoms with Gasteiger partial charge >= 0.3 is 0 Å². The second kappa shape index (κ2) is 4.53. The number of aromatic hydroxyl groups is 1. The number of rotatable bonds is 2. The molecule has 2 heterocycles. The molecular formula is C14H12N4O. The first-order chi connectivity index (χ1) is 9.26. The number of phenolic OH excluding ortho intramolecular Hbond substituents is 1. The van der Waals surface area contributed by atoms with Crippen molar-refractivity contribution < 1.29 is 5.11 Å². The monoisotopic (exact) mass is 252 g/mol. The predicted octanol–water partition coefficient (Wildman–Crippen LogP) is 2.44. The van der Waals surface area contributed by atoms with Gasteiger partial charge in [-0.15, -0.1) is 0 Å². The molecule has 5 heteroatoms. The van der Waals surface area contributed by atoms with Gasteiger partial charge in [0.15, 0.2) is 5.82 Å². The SMILES string of the molecule is CNc1cnc2cnc(-c3ccc(O)cc3)nc2c1. The number of pyridine rings is 1. The maximum Gasteiger partial charge on any atom is 0.159 e. The van der Waals surface area contributed by atoms with Crippen molar-refractivity contribution in [2.75, 3.05) is 12.4 Å². The van der Waals surface area contributed by atoms with E-state index in [0.29, 0.717) is 5.82 Å². The number of fused-ring (bicyclic) bond motifs is 1. The van der Waals surface area contributed by atoms with E-state index in [2.05, 4.69) is 20.3 Å². The van der Waals surface area contributed by atoms with Gasteiger partial charge < -0.3 is 10.4 Å². The normalized spacial score (nSPS) is 10.6. The topological polar surface area (TPSA) is 70.9 Å². The fourth-order valence-electron chi connectivity index (χ4n) is 1.80. The minimum atomic E-state index is 0.226. The van der Waals surface area contributed by atoms with Gasteiger partial charge in [0.25, 0.3) is 0 Å². The van der Waals surface area contributed by atoms with E-state index >= 15 is 0 Å². The highest BCUT2D eigenvalue weighted by atomic mass is 16.3. The zero-order valence-corrected chi connectivity index (χ0v) is 10.3. The van der Waals surface area contributed by atoms with Crippen molar-refractivity contribution in [3.63, 3.8) is 0 Å². The van der Waals surface area contributed by atoms with Gasteiger partial charge in [0, 0.05) is 12.6 Å². The Morgan fingerprint density at radius 2 is 1.79 bits per heavy atom. The van der Waals surface area contributed by atoms with Crippen molar-refractivity contribution in [1.82, 2.24) is 15.0 Å². The molecule has 3 aromatic rings. The van der Waals surface area contributed by atoms with Gasteiger partial charge in [-0.1, -0.05) is 0 Å². The van der Waals surface area contributed by atoms with Crippen molar-refractivity contribution in [2.45, 2.75) is 0 Å². The van der Waals surface area contributed by atoms with Crippen LogP contribution in [-0.2, 0) is 0 Å². The number of nitrogens with zero attached hydrogens (tertiary/aromatic N) is 3. The van der Waals surface area contributed by atoms with Gasteiger partial charge in [-0.3, -0.25) is 4.98 Å². The summed E-state index contributed by atoms with van der Waals surface area (Å²) >= 11 is 0. The molecule has 1 aromatic carbocycles. The highest BCUT2D eigenvalue weighted by Gasteiger charge is 2.04. The number of aromatic nitrogens is 3. The molecule has 94 valence electrons. The second-order valence-corrected chi connectivity index (χ2v) is 4.12. The van der Waals surface area contributed by atoms with Crippen molar-refractivity contribution in [3.8, 4) is 17.1 Å². The molecule has 0 unspecified atom stereocenters. The van der Waals surface area contributed by atoms with Crippen molar-refractivity contribution in [2.24, 2.45) is 0 Å². The predicted molar refractivity (Wildman–Crippen MR) is 74.0 cm³/mol. The molecule has 0 saturated heterocycles. The Labute approximate surface area is 110 Å². The molecule has 0 fully saturated rings. The summed E-state index contributed by atoms with van der Waals surface area (Å²) in [5, 5.41) is 12.3. The molecular weight excluding hydrogens is 240 g/mol. The molecule has 0 amide bonds. The maximum absolute atomic E-state index is 9.28. The molecule has 2 N–H and O–H groups in total. The Kier molecular flexibility index (Phi) is 2.72. The fourth-order valence-corrected chi connectivity index (χ4v) is 1.80. The molecule has 0 aliphatic carbocycles. The summed E-state index contributed by atoms with van der Waals surface area (Å²) < 4.78 is 0. The summed E-state index contributed by atoms with van der Waals surface area (Å²) in [6.45, 7) is 0. The molecule has 0 aliphatic heterocycles. The number of nitrogens with one attached hydrogen (secondary N) is 1. The van der Waals surface area contributed by atoms with Crippen molar-refractivity contribution >= 4 is 16.7 Å². The number of phenols is 1. The molecule has 0 radical (unpaired) electrons. The van der Waals surface area contributed by atoms with E-state index in [1.165, 1.54) is 0 Å². The average Bonchev–Trinajstić information content (AvgIpc) is 2.47. The Balaban J connectivity index is 2.12. The smallest absolute Gasteiger partial charge is 0.159 e. The summed E-state index contributed by atoms with van der Waals surface area (Å²) in [6, 6.07) is 8.72. The highest BCUT2D eigenvalue weighted by Crippen LogP contribution is 2.21. The average molecular weight is 252 g/mol. The lowest BCUT2D eigenvalue weighted by Gasteiger charge is -2.04. The molecule has 0 atom stereocenters. The van der Waals surface area contributed by atoms with Crippen LogP contribution in [0.3, 0.4) is 0 Å². The number of hydrogen-bond acceptors (Lipinski definition) is 5. The molecule has 0 spiro atoms. The van der Waals surface area contributed by atoms with Crippen molar-refractivity contribution in [1.29, 1.82) is 0 Å². The lowest BCUT2D eigenvalue weighted by atomic mass is 10.2. The van der Waals surface area contributed by atoms with Crippen LogP contribution in [0.25, 0.3) is 22.4 Å². The Bertz CT molecular complexity index is 725. The minimum Gasteiger partial charge on any atom is -0.508 e. The van der Waals surface area contributed by atoms with Gasteiger partial charge in [0.05, 0.1) is 23.6 Å². The van der Waals surface area contributed by atoms with Gasteiger partial charge in [-0.25, -0.2) is 9.97 Å². The van der Waals surface area contributed by atoms with E-state index in [9.17, 15) is 5.11 Å². The summed E-state index contributed by atoms with van der Waals surface area (Å²) in [5.74, 6) is 0.839. The van der Waals surface area contributed by atoms with Crippen LogP contribution in [0.4, 0.5) is 5.69 Å². The molecule has 2 aromatic heterocycles. The molecule has 0 saturated carbocycles. The van der Waals surface area contributed by atoms with Crippen LogP contribution in [0.1, 0.15) is 0 Å². The number of anilines is 1. The molecule has 5 nitrogen and oxygen atoms in total. The quantitative estimate of drug-likeness (QED) is 0.733. The summed E-state index contributed by atoms with van der Waals surface area (Å²) in [7, 11) is 1.84. The van der Waals surface area contributed by atoms with Gasteiger partial charge in [-0.05, 0) is 30.3 Å². The van der Waals surface area contributed by atoms with Crippen LogP contribution in [0.5, 0.6) is 5.75 Å². The third-order valence-electron chi connectivity index (χ3n) is 2.85. The summed E-state index contributed by atoms with van der Waals surface area (Å²) in [5.41, 5.74) is 3.30. The summed E-state index contributed by atoms with van der Waals surface area (Å²) in [6.07, 6.45) is 3.44. The van der Waals surface area contributed by atoms with E-state index in [-0.39, 0.29) is 5.75 Å². The second-order valence-electron chi connectivity index (χ2n) is 4.12. The van der Waals surface area contributed by atoms with Crippen LogP contribution < -0.4 is 5.32 Å². The maximum atomic E-state index is 9.28. The highest BCUT2D eigenvalue weighted by molar-refractivity contribution is 5.78. The number of hydrogen-bond donors (Lipinski definition) is 2. The standard InChI is InChI=1S/C14H12N4O/c1-15-10-6-12-13(16-7-10)8-17-14(18-12)9-2-4-11(19)5-3-9/h2-8,15,19H,1H3. The van der Waals surface area contributed by atoms with E-state index in [0.717, 1.165) is 22.3 Å². The van der Waals surface area contributed by atoms with Gasteiger partial charge in [0.1, 0.15) is 11.3 Å². The van der Waals surface area contributed by atoms with Gasteiger partial charge in [0.2, 0.25) is 0 Å². The van der Waals surface area contributed by atoms with E-state index in [4.69, 9.17) is 0 Å². The van der Waals surface area contributed by atoms with E-state index < -0.39 is 0 Å². The third-order valence-corrected chi connectivity index (χ3v) is 2.85. The lowest BCUT2D eigenvalue weighted by molar-refractivity contribution is 0.475. The van der Waals surface area contributed by atoms with Crippen LogP contribution in [-0.4, -0.2) is 27.1 Å². The minimum absolute atomic E-state index is 0.226. The first kappa shape index (κ1) is 11.4. The Morgan fingerprint density at radius 3 is 2.53 bits per heavy atom. The Hall–Kier alpha value is -2.69. The number of benzene rings is 1. The summed E-state index contributed by atoms with van der Waals surface area (Å²) in [4.78, 5) is 13.0. The van der Waals surface area contributed by atoms with Crippen LogP contribution in [0.2, 0.25) is 0 Å². The first-order valence-electron chi connectivity index (χ1n) is 5.86. The van der Waals surface area contributed by atoms with Crippen LogP contribution in [0.15, 0.2) is 42.7 Å².